The van der Waals surface area contributed by atoms with E-state index in [9.17, 15) is 13.2 Å². The predicted octanol–water partition coefficient (Wildman–Crippen LogP) is 3.23. The molecule has 8 heteroatoms. The van der Waals surface area contributed by atoms with Gasteiger partial charge in [0.05, 0.1) is 5.39 Å². The zero-order valence-electron chi connectivity index (χ0n) is 12.3. The van der Waals surface area contributed by atoms with Gasteiger partial charge in [-0.25, -0.2) is 0 Å². The molecule has 0 saturated carbocycles. The number of hydrogen-bond acceptors (Lipinski definition) is 5. The molecule has 0 amide bonds. The number of alkyl halides is 3. The second-order valence-electron chi connectivity index (χ2n) is 6.13. The third-order valence-electron chi connectivity index (χ3n) is 4.66. The first-order valence-corrected chi connectivity index (χ1v) is 7.62. The summed E-state index contributed by atoms with van der Waals surface area (Å²) in [5.74, 6) is 0.882. The zero-order valence-corrected chi connectivity index (χ0v) is 12.3. The van der Waals surface area contributed by atoms with Gasteiger partial charge in [-0.3, -0.25) is 0 Å². The number of ether oxygens (including phenoxy) is 1. The van der Waals surface area contributed by atoms with Crippen LogP contribution >= 0.6 is 0 Å². The average Bonchev–Trinajstić information content (AvgIpc) is 2.89. The minimum Gasteiger partial charge on any atom is -0.406 e. The number of rotatable bonds is 3. The topological polar surface area (TPSA) is 50.5 Å². The van der Waals surface area contributed by atoms with Gasteiger partial charge in [0.2, 0.25) is 0 Å². The molecule has 1 aromatic carbocycles. The van der Waals surface area contributed by atoms with E-state index < -0.39 is 6.36 Å². The van der Waals surface area contributed by atoms with Crippen molar-refractivity contribution in [3.05, 3.63) is 18.2 Å². The highest BCUT2D eigenvalue weighted by atomic mass is 19.4. The van der Waals surface area contributed by atoms with Gasteiger partial charge in [0, 0.05) is 18.7 Å². The van der Waals surface area contributed by atoms with Gasteiger partial charge >= 0.3 is 6.36 Å². The van der Waals surface area contributed by atoms with E-state index in [4.69, 9.17) is 4.52 Å². The maximum absolute atomic E-state index is 12.3. The Morgan fingerprint density at radius 1 is 1.26 bits per heavy atom. The Balaban J connectivity index is 1.54. The van der Waals surface area contributed by atoms with Crippen LogP contribution in [0.5, 0.6) is 5.75 Å². The fraction of sp³-hybridized carbons (Fsp3) is 0.533. The number of anilines is 1. The van der Waals surface area contributed by atoms with Gasteiger partial charge in [-0.2, -0.15) is 0 Å². The van der Waals surface area contributed by atoms with Crippen LogP contribution in [0, 0.1) is 5.92 Å². The van der Waals surface area contributed by atoms with E-state index in [-0.39, 0.29) is 11.3 Å². The fourth-order valence-corrected chi connectivity index (χ4v) is 3.52. The minimum atomic E-state index is -4.72. The van der Waals surface area contributed by atoms with Crippen LogP contribution in [-0.2, 0) is 0 Å². The maximum Gasteiger partial charge on any atom is 0.573 e. The van der Waals surface area contributed by atoms with Crippen LogP contribution in [0.25, 0.3) is 11.0 Å². The molecule has 2 bridgehead atoms. The smallest absolute Gasteiger partial charge is 0.406 e. The summed E-state index contributed by atoms with van der Waals surface area (Å²) >= 11 is 0. The summed E-state index contributed by atoms with van der Waals surface area (Å²) in [6.07, 6.45) is -2.39. The standard InChI is InChI=1S/C15H16F3N3O2/c16-15(17,18)22-10-1-2-11-13(7-10)23-20-14(11)19-12-8-21-5-3-9(12)4-6-21/h1-2,7,9,12H,3-6,8H2,(H,19,20). The molecule has 2 aromatic rings. The van der Waals surface area contributed by atoms with E-state index in [1.165, 1.54) is 18.2 Å². The first kappa shape index (κ1) is 14.6. The second kappa shape index (κ2) is 5.30. The number of nitrogens with one attached hydrogen (secondary N) is 1. The number of hydrogen-bond donors (Lipinski definition) is 1. The van der Waals surface area contributed by atoms with Crippen molar-refractivity contribution in [3.8, 4) is 5.75 Å². The van der Waals surface area contributed by atoms with Crippen LogP contribution in [0.4, 0.5) is 19.0 Å². The molecule has 3 aliphatic heterocycles. The molecule has 124 valence electrons. The number of nitrogens with zero attached hydrogens (tertiary/aromatic N) is 2. The van der Waals surface area contributed by atoms with Gasteiger partial charge in [0.15, 0.2) is 11.4 Å². The molecule has 4 heterocycles. The summed E-state index contributed by atoms with van der Waals surface area (Å²) in [5.41, 5.74) is 0.274. The highest BCUT2D eigenvalue weighted by Gasteiger charge is 2.35. The monoisotopic (exact) mass is 327 g/mol. The Labute approximate surface area is 130 Å². The van der Waals surface area contributed by atoms with Crippen molar-refractivity contribution < 1.29 is 22.4 Å². The molecule has 5 rings (SSSR count). The summed E-state index contributed by atoms with van der Waals surface area (Å²) in [7, 11) is 0. The summed E-state index contributed by atoms with van der Waals surface area (Å²) < 4.78 is 45.8. The molecule has 1 N–H and O–H groups in total. The van der Waals surface area contributed by atoms with Crippen molar-refractivity contribution in [2.24, 2.45) is 5.92 Å². The molecular weight excluding hydrogens is 311 g/mol. The van der Waals surface area contributed by atoms with E-state index in [0.29, 0.717) is 23.2 Å². The van der Waals surface area contributed by atoms with Crippen LogP contribution in [-0.4, -0.2) is 42.1 Å². The van der Waals surface area contributed by atoms with E-state index in [1.54, 1.807) is 0 Å². The van der Waals surface area contributed by atoms with Crippen LogP contribution in [0.1, 0.15) is 12.8 Å². The van der Waals surface area contributed by atoms with Crippen molar-refractivity contribution in [2.45, 2.75) is 25.2 Å². The van der Waals surface area contributed by atoms with E-state index in [1.807, 2.05) is 0 Å². The van der Waals surface area contributed by atoms with Crippen molar-refractivity contribution in [3.63, 3.8) is 0 Å². The summed E-state index contributed by atoms with van der Waals surface area (Å²) in [5, 5.41) is 8.03. The van der Waals surface area contributed by atoms with E-state index >= 15 is 0 Å². The molecule has 0 radical (unpaired) electrons. The zero-order chi connectivity index (χ0) is 16.0. The number of halogens is 3. The van der Waals surface area contributed by atoms with Crippen molar-refractivity contribution >= 4 is 16.8 Å². The minimum absolute atomic E-state index is 0.274. The van der Waals surface area contributed by atoms with Crippen molar-refractivity contribution in [1.82, 2.24) is 10.1 Å². The van der Waals surface area contributed by atoms with Crippen LogP contribution in [0.3, 0.4) is 0 Å². The Morgan fingerprint density at radius 3 is 2.70 bits per heavy atom. The Hall–Kier alpha value is -1.96. The Kier molecular flexibility index (Phi) is 3.37. The lowest BCUT2D eigenvalue weighted by Crippen LogP contribution is -2.53. The lowest BCUT2D eigenvalue weighted by Gasteiger charge is -2.44. The SMILES string of the molecule is FC(F)(F)Oc1ccc2c(NC3CN4CCC3CC4)noc2c1. The normalized spacial score (nSPS) is 27.3. The highest BCUT2D eigenvalue weighted by Crippen LogP contribution is 2.33. The van der Waals surface area contributed by atoms with Gasteiger partial charge in [-0.15, -0.1) is 13.2 Å². The third-order valence-corrected chi connectivity index (χ3v) is 4.66. The number of benzene rings is 1. The molecule has 0 aliphatic carbocycles. The molecule has 1 atom stereocenters. The first-order chi connectivity index (χ1) is 11.0. The summed E-state index contributed by atoms with van der Waals surface area (Å²) in [6.45, 7) is 3.25. The number of piperidine rings is 3. The number of fused-ring (bicyclic) bond motifs is 4. The maximum atomic E-state index is 12.3. The fourth-order valence-electron chi connectivity index (χ4n) is 3.52. The van der Waals surface area contributed by atoms with Crippen LogP contribution in [0.15, 0.2) is 22.7 Å². The summed E-state index contributed by atoms with van der Waals surface area (Å²) in [6, 6.07) is 4.32. The van der Waals surface area contributed by atoms with E-state index in [2.05, 4.69) is 20.1 Å². The Bertz CT molecular complexity index is 708. The largest absolute Gasteiger partial charge is 0.573 e. The molecular formula is C15H16F3N3O2. The molecule has 3 aliphatic rings. The lowest BCUT2D eigenvalue weighted by atomic mass is 9.84. The van der Waals surface area contributed by atoms with Gasteiger partial charge in [-0.1, -0.05) is 5.16 Å². The molecule has 1 unspecified atom stereocenters. The van der Waals surface area contributed by atoms with Crippen molar-refractivity contribution in [2.75, 3.05) is 25.0 Å². The lowest BCUT2D eigenvalue weighted by molar-refractivity contribution is -0.274. The van der Waals surface area contributed by atoms with E-state index in [0.717, 1.165) is 32.5 Å². The van der Waals surface area contributed by atoms with Gasteiger partial charge < -0.3 is 19.5 Å². The molecule has 23 heavy (non-hydrogen) atoms. The average molecular weight is 327 g/mol. The van der Waals surface area contributed by atoms with Crippen LogP contribution < -0.4 is 10.1 Å². The third kappa shape index (κ3) is 2.95. The highest BCUT2D eigenvalue weighted by molar-refractivity contribution is 5.89. The predicted molar refractivity (Wildman–Crippen MR) is 77.3 cm³/mol. The second-order valence-corrected chi connectivity index (χ2v) is 6.13. The quantitative estimate of drug-likeness (QED) is 0.938. The Morgan fingerprint density at radius 2 is 2.04 bits per heavy atom. The number of aromatic nitrogens is 1. The molecule has 5 nitrogen and oxygen atoms in total. The molecule has 3 saturated heterocycles. The van der Waals surface area contributed by atoms with Gasteiger partial charge in [0.1, 0.15) is 5.75 Å². The summed E-state index contributed by atoms with van der Waals surface area (Å²) in [4.78, 5) is 2.41. The van der Waals surface area contributed by atoms with Crippen LogP contribution in [0.2, 0.25) is 0 Å². The molecule has 1 aromatic heterocycles. The van der Waals surface area contributed by atoms with Crippen molar-refractivity contribution in [1.29, 1.82) is 0 Å². The molecule has 3 fully saturated rings. The van der Waals surface area contributed by atoms with Gasteiger partial charge in [0.25, 0.3) is 0 Å². The molecule has 0 spiro atoms. The first-order valence-electron chi connectivity index (χ1n) is 7.62. The van der Waals surface area contributed by atoms with Gasteiger partial charge in [-0.05, 0) is 44.0 Å².